The topological polar surface area (TPSA) is 69.2 Å². The van der Waals surface area contributed by atoms with E-state index in [1.54, 1.807) is 0 Å². The van der Waals surface area contributed by atoms with Crippen LogP contribution in [-0.4, -0.2) is 33.8 Å². The Balaban J connectivity index is 2.12. The molecule has 88 valence electrons. The van der Waals surface area contributed by atoms with E-state index in [2.05, 4.69) is 9.97 Å². The highest BCUT2D eigenvalue weighted by atomic mass is 35.5. The van der Waals surface area contributed by atoms with E-state index in [9.17, 15) is 9.90 Å². The molecule has 5 nitrogen and oxygen atoms in total. The summed E-state index contributed by atoms with van der Waals surface area (Å²) in [5.74, 6) is 0.450. The van der Waals surface area contributed by atoms with Gasteiger partial charge >= 0.3 is 0 Å². The summed E-state index contributed by atoms with van der Waals surface area (Å²) in [7, 11) is 0. The lowest BCUT2D eigenvalue weighted by Crippen LogP contribution is -2.62. The Kier molecular flexibility index (Phi) is 2.90. The molecule has 2 rings (SSSR count). The van der Waals surface area contributed by atoms with Crippen molar-refractivity contribution in [1.29, 1.82) is 0 Å². The Hall–Kier alpha value is -1.07. The van der Waals surface area contributed by atoms with Crippen molar-refractivity contribution in [3.05, 3.63) is 21.7 Å². The molecule has 16 heavy (non-hydrogen) atoms. The second kappa shape index (κ2) is 4.07. The first-order valence-electron chi connectivity index (χ1n) is 5.26. The number of rotatable bonds is 3. The molecule has 0 unspecified atom stereocenters. The Morgan fingerprint density at radius 3 is 3.00 bits per heavy atom. The van der Waals surface area contributed by atoms with Crippen LogP contribution in [0.25, 0.3) is 0 Å². The van der Waals surface area contributed by atoms with Crippen LogP contribution in [-0.2, 0) is 0 Å². The van der Waals surface area contributed by atoms with Crippen molar-refractivity contribution in [2.24, 2.45) is 0 Å². The van der Waals surface area contributed by atoms with Crippen molar-refractivity contribution in [2.45, 2.75) is 25.4 Å². The molecule has 2 N–H and O–H groups in total. The maximum absolute atomic E-state index is 11.3. The van der Waals surface area contributed by atoms with Crippen LogP contribution in [0.3, 0.4) is 0 Å². The molecule has 2 heterocycles. The monoisotopic (exact) mass is 243 g/mol. The molecular formula is C10H14ClN3O2. The summed E-state index contributed by atoms with van der Waals surface area (Å²) >= 11 is 5.84. The van der Waals surface area contributed by atoms with Crippen molar-refractivity contribution >= 4 is 17.4 Å². The number of hydrogen-bond donors (Lipinski definition) is 2. The van der Waals surface area contributed by atoms with Crippen molar-refractivity contribution in [1.82, 2.24) is 9.97 Å². The van der Waals surface area contributed by atoms with E-state index in [4.69, 9.17) is 11.6 Å². The molecular weight excluding hydrogens is 230 g/mol. The van der Waals surface area contributed by atoms with E-state index in [1.165, 1.54) is 6.33 Å². The molecule has 1 saturated heterocycles. The van der Waals surface area contributed by atoms with Crippen molar-refractivity contribution in [3.63, 3.8) is 0 Å². The number of nitrogens with zero attached hydrogens (tertiary/aromatic N) is 2. The van der Waals surface area contributed by atoms with E-state index < -0.39 is 5.60 Å². The largest absolute Gasteiger partial charge is 0.386 e. The van der Waals surface area contributed by atoms with Gasteiger partial charge in [-0.15, -0.1) is 0 Å². The summed E-state index contributed by atoms with van der Waals surface area (Å²) in [6.45, 7) is 2.99. The first-order valence-corrected chi connectivity index (χ1v) is 5.64. The molecule has 1 aromatic rings. The summed E-state index contributed by atoms with van der Waals surface area (Å²) in [5.41, 5.74) is -1.000. The third kappa shape index (κ3) is 1.92. The highest BCUT2D eigenvalue weighted by Gasteiger charge is 2.41. The Labute approximate surface area is 98.1 Å². The van der Waals surface area contributed by atoms with Gasteiger partial charge in [0.05, 0.1) is 25.0 Å². The zero-order valence-corrected chi connectivity index (χ0v) is 9.79. The molecule has 0 atom stereocenters. The SMILES string of the molecule is CCCC1(O)CN(c2nc[nH]c(=O)c2Cl)C1. The quantitative estimate of drug-likeness (QED) is 0.823. The van der Waals surface area contributed by atoms with Gasteiger partial charge in [-0.25, -0.2) is 4.98 Å². The zero-order valence-electron chi connectivity index (χ0n) is 9.03. The summed E-state index contributed by atoms with van der Waals surface area (Å²) in [5, 5.41) is 10.1. The fourth-order valence-corrected chi connectivity index (χ4v) is 2.25. The number of hydrogen-bond acceptors (Lipinski definition) is 4. The molecule has 0 bridgehead atoms. The van der Waals surface area contributed by atoms with Gasteiger partial charge < -0.3 is 15.0 Å². The van der Waals surface area contributed by atoms with Crippen LogP contribution in [0.1, 0.15) is 19.8 Å². The zero-order chi connectivity index (χ0) is 11.8. The molecule has 1 aliphatic rings. The van der Waals surface area contributed by atoms with Gasteiger partial charge in [-0.2, -0.15) is 0 Å². The van der Waals surface area contributed by atoms with Crippen LogP contribution in [0, 0.1) is 0 Å². The van der Waals surface area contributed by atoms with Gasteiger partial charge in [-0.3, -0.25) is 4.79 Å². The molecule has 0 aliphatic carbocycles. The molecule has 0 amide bonds. The molecule has 0 radical (unpaired) electrons. The van der Waals surface area contributed by atoms with E-state index >= 15 is 0 Å². The fourth-order valence-electron chi connectivity index (χ4n) is 2.03. The summed E-state index contributed by atoms with van der Waals surface area (Å²) < 4.78 is 0. The predicted molar refractivity (Wildman–Crippen MR) is 61.9 cm³/mol. The number of aliphatic hydroxyl groups is 1. The van der Waals surface area contributed by atoms with Crippen LogP contribution in [0.4, 0.5) is 5.82 Å². The van der Waals surface area contributed by atoms with Crippen LogP contribution in [0.2, 0.25) is 5.02 Å². The number of β-amino-alcohol motifs (C(OH)–C–C–N with tert-alkyl or cyclic N) is 1. The molecule has 6 heteroatoms. The average Bonchev–Trinajstić information content (AvgIpc) is 2.19. The maximum Gasteiger partial charge on any atom is 0.271 e. The second-order valence-corrected chi connectivity index (χ2v) is 4.58. The van der Waals surface area contributed by atoms with Crippen LogP contribution >= 0.6 is 11.6 Å². The first-order chi connectivity index (χ1) is 7.56. The van der Waals surface area contributed by atoms with Crippen molar-refractivity contribution < 1.29 is 5.11 Å². The number of nitrogens with one attached hydrogen (secondary N) is 1. The van der Waals surface area contributed by atoms with Crippen molar-refractivity contribution in [2.75, 3.05) is 18.0 Å². The van der Waals surface area contributed by atoms with E-state index in [0.717, 1.165) is 12.8 Å². The third-order valence-corrected chi connectivity index (χ3v) is 3.10. The van der Waals surface area contributed by atoms with E-state index in [1.807, 2.05) is 11.8 Å². The molecule has 0 spiro atoms. The second-order valence-electron chi connectivity index (χ2n) is 4.20. The summed E-state index contributed by atoms with van der Waals surface area (Å²) in [4.78, 5) is 19.5. The predicted octanol–water partition coefficient (Wildman–Crippen LogP) is 0.775. The van der Waals surface area contributed by atoms with Gasteiger partial charge in [0.15, 0.2) is 5.82 Å². The van der Waals surface area contributed by atoms with Gasteiger partial charge in [0.25, 0.3) is 5.56 Å². The van der Waals surface area contributed by atoms with Crippen LogP contribution < -0.4 is 10.5 Å². The third-order valence-electron chi connectivity index (χ3n) is 2.76. The number of halogens is 1. The van der Waals surface area contributed by atoms with Crippen molar-refractivity contribution in [3.8, 4) is 0 Å². The lowest BCUT2D eigenvalue weighted by molar-refractivity contribution is 0.00293. The van der Waals surface area contributed by atoms with Gasteiger partial charge in [-0.1, -0.05) is 24.9 Å². The van der Waals surface area contributed by atoms with Gasteiger partial charge in [0.1, 0.15) is 5.02 Å². The van der Waals surface area contributed by atoms with Gasteiger partial charge in [0.2, 0.25) is 0 Å². The number of anilines is 1. The summed E-state index contributed by atoms with van der Waals surface area (Å²) in [6, 6.07) is 0. The lowest BCUT2D eigenvalue weighted by atomic mass is 9.89. The lowest BCUT2D eigenvalue weighted by Gasteiger charge is -2.47. The standard InChI is InChI=1S/C10H14ClN3O2/c1-2-3-10(16)4-14(5-10)8-7(11)9(15)13-6-12-8/h6,16H,2-5H2,1H3,(H,12,13,15). The first kappa shape index (κ1) is 11.4. The Bertz CT molecular complexity index is 440. The molecule has 1 fully saturated rings. The maximum atomic E-state index is 11.3. The fraction of sp³-hybridized carbons (Fsp3) is 0.600. The molecule has 1 aromatic heterocycles. The highest BCUT2D eigenvalue weighted by molar-refractivity contribution is 6.32. The van der Waals surface area contributed by atoms with Crippen LogP contribution in [0.15, 0.2) is 11.1 Å². The number of aromatic nitrogens is 2. The number of H-pyrrole nitrogens is 1. The molecule has 1 aliphatic heterocycles. The highest BCUT2D eigenvalue weighted by Crippen LogP contribution is 2.31. The van der Waals surface area contributed by atoms with Gasteiger partial charge in [0, 0.05) is 0 Å². The van der Waals surface area contributed by atoms with E-state index in [0.29, 0.717) is 18.9 Å². The minimum absolute atomic E-state index is 0.0843. The van der Waals surface area contributed by atoms with Gasteiger partial charge in [-0.05, 0) is 6.42 Å². The minimum atomic E-state index is -0.650. The Morgan fingerprint density at radius 2 is 2.38 bits per heavy atom. The van der Waals surface area contributed by atoms with E-state index in [-0.39, 0.29) is 10.6 Å². The molecule has 0 aromatic carbocycles. The average molecular weight is 244 g/mol. The smallest absolute Gasteiger partial charge is 0.271 e. The number of aromatic amines is 1. The summed E-state index contributed by atoms with van der Waals surface area (Å²) in [6.07, 6.45) is 3.01. The molecule has 0 saturated carbocycles. The Morgan fingerprint density at radius 1 is 1.69 bits per heavy atom. The van der Waals surface area contributed by atoms with Crippen LogP contribution in [0.5, 0.6) is 0 Å². The minimum Gasteiger partial charge on any atom is -0.386 e. The normalized spacial score (nSPS) is 18.3.